The number of hydrogen-bond donors (Lipinski definition) is 3. The quantitative estimate of drug-likeness (QED) is 0.476. The van der Waals surface area contributed by atoms with E-state index < -0.39 is 43.4 Å². The number of primary amides is 2. The summed E-state index contributed by atoms with van der Waals surface area (Å²) in [5.41, 5.74) is 9.92. The number of hydrogen-bond acceptors (Lipinski definition) is 4. The molecule has 0 aromatic carbocycles. The van der Waals surface area contributed by atoms with Gasteiger partial charge in [-0.15, -0.1) is 0 Å². The van der Waals surface area contributed by atoms with E-state index in [1.165, 1.54) is 0 Å². The Morgan fingerprint density at radius 3 is 1.74 bits per heavy atom. The van der Waals surface area contributed by atoms with Gasteiger partial charge in [-0.2, -0.15) is 0 Å². The maximum absolute atomic E-state index is 12.0. The maximum atomic E-state index is 12.0. The second-order valence-electron chi connectivity index (χ2n) is 3.89. The van der Waals surface area contributed by atoms with Crippen LogP contribution in [0.4, 0.5) is 4.79 Å². The van der Waals surface area contributed by atoms with E-state index in [-0.39, 0.29) is 6.54 Å². The van der Waals surface area contributed by atoms with Gasteiger partial charge in [0.1, 0.15) is 19.6 Å². The van der Waals surface area contributed by atoms with Crippen molar-refractivity contribution in [2.75, 3.05) is 26.2 Å². The molecule has 0 bridgehead atoms. The molecule has 0 spiro atoms. The van der Waals surface area contributed by atoms with Gasteiger partial charge in [0.15, 0.2) is 0 Å². The van der Waals surface area contributed by atoms with Gasteiger partial charge >= 0.3 is 12.0 Å². The second-order valence-corrected chi connectivity index (χ2v) is 3.89. The SMILES string of the molecule is CCCN(CC(=O)O)C(=O)N(CC(N)=O)CC(N)=O. The summed E-state index contributed by atoms with van der Waals surface area (Å²) >= 11 is 0. The van der Waals surface area contributed by atoms with Gasteiger partial charge in [0, 0.05) is 6.54 Å². The molecular formula is C10H18N4O5. The fourth-order valence-corrected chi connectivity index (χ4v) is 1.44. The number of aliphatic carboxylic acids is 1. The smallest absolute Gasteiger partial charge is 0.323 e. The highest BCUT2D eigenvalue weighted by molar-refractivity contribution is 5.88. The van der Waals surface area contributed by atoms with Crippen molar-refractivity contribution in [3.8, 4) is 0 Å². The van der Waals surface area contributed by atoms with Gasteiger partial charge in [-0.05, 0) is 6.42 Å². The molecule has 0 unspecified atom stereocenters. The van der Waals surface area contributed by atoms with Crippen LogP contribution in [0.2, 0.25) is 0 Å². The Kier molecular flexibility index (Phi) is 6.94. The molecule has 0 rings (SSSR count). The van der Waals surface area contributed by atoms with Crippen molar-refractivity contribution in [3.63, 3.8) is 0 Å². The summed E-state index contributed by atoms with van der Waals surface area (Å²) in [6.45, 7) is 0.414. The molecule has 0 aliphatic carbocycles. The average Bonchev–Trinajstić information content (AvgIpc) is 2.24. The lowest BCUT2D eigenvalue weighted by molar-refractivity contribution is -0.137. The minimum Gasteiger partial charge on any atom is -0.480 e. The van der Waals surface area contributed by atoms with E-state index in [2.05, 4.69) is 0 Å². The minimum absolute atomic E-state index is 0.180. The van der Waals surface area contributed by atoms with Crippen molar-refractivity contribution in [1.29, 1.82) is 0 Å². The minimum atomic E-state index is -1.19. The number of carbonyl (C=O) groups excluding carboxylic acids is 3. The lowest BCUT2D eigenvalue weighted by Crippen LogP contribution is -2.50. The highest BCUT2D eigenvalue weighted by Gasteiger charge is 2.24. The van der Waals surface area contributed by atoms with Crippen LogP contribution in [-0.4, -0.2) is 64.9 Å². The van der Waals surface area contributed by atoms with Gasteiger partial charge in [-0.25, -0.2) is 4.79 Å². The molecule has 0 saturated heterocycles. The zero-order valence-corrected chi connectivity index (χ0v) is 10.7. The van der Waals surface area contributed by atoms with Crippen LogP contribution in [0.1, 0.15) is 13.3 Å². The first kappa shape index (κ1) is 16.7. The van der Waals surface area contributed by atoms with Gasteiger partial charge in [0.05, 0.1) is 0 Å². The van der Waals surface area contributed by atoms with Crippen LogP contribution in [-0.2, 0) is 14.4 Å². The number of nitrogens with two attached hydrogens (primary N) is 2. The molecule has 19 heavy (non-hydrogen) atoms. The van der Waals surface area contributed by atoms with Crippen LogP contribution in [0.5, 0.6) is 0 Å². The van der Waals surface area contributed by atoms with E-state index in [1.807, 2.05) is 0 Å². The Balaban J connectivity index is 4.92. The highest BCUT2D eigenvalue weighted by Crippen LogP contribution is 2.01. The maximum Gasteiger partial charge on any atom is 0.323 e. The molecule has 0 saturated carbocycles. The summed E-state index contributed by atoms with van der Waals surface area (Å²) in [6, 6.07) is -0.762. The van der Waals surface area contributed by atoms with E-state index in [9.17, 15) is 19.2 Å². The molecule has 0 aromatic heterocycles. The Labute approximate surface area is 110 Å². The largest absolute Gasteiger partial charge is 0.480 e. The molecule has 0 fully saturated rings. The van der Waals surface area contributed by atoms with Crippen LogP contribution >= 0.6 is 0 Å². The van der Waals surface area contributed by atoms with Crippen LogP contribution in [0.15, 0.2) is 0 Å². The van der Waals surface area contributed by atoms with E-state index >= 15 is 0 Å². The fourth-order valence-electron chi connectivity index (χ4n) is 1.44. The number of carboxylic acids is 1. The van der Waals surface area contributed by atoms with Crippen molar-refractivity contribution >= 4 is 23.8 Å². The van der Waals surface area contributed by atoms with Crippen molar-refractivity contribution in [3.05, 3.63) is 0 Å². The molecule has 0 radical (unpaired) electrons. The molecule has 0 aliphatic rings. The zero-order valence-electron chi connectivity index (χ0n) is 10.7. The third kappa shape index (κ3) is 6.86. The van der Waals surface area contributed by atoms with Gasteiger partial charge < -0.3 is 26.4 Å². The first-order valence-corrected chi connectivity index (χ1v) is 5.60. The topological polar surface area (TPSA) is 147 Å². The van der Waals surface area contributed by atoms with Crippen molar-refractivity contribution in [2.24, 2.45) is 11.5 Å². The fraction of sp³-hybridized carbons (Fsp3) is 0.600. The Morgan fingerprint density at radius 2 is 1.42 bits per heavy atom. The molecule has 0 aliphatic heterocycles. The predicted molar refractivity (Wildman–Crippen MR) is 64.9 cm³/mol. The molecule has 0 aromatic rings. The number of nitrogens with zero attached hydrogens (tertiary/aromatic N) is 2. The van der Waals surface area contributed by atoms with E-state index in [1.54, 1.807) is 6.92 Å². The Morgan fingerprint density at radius 1 is 0.947 bits per heavy atom. The predicted octanol–water partition coefficient (Wildman–Crippen LogP) is -1.82. The second kappa shape index (κ2) is 7.90. The number of carboxylic acid groups (broad SMARTS) is 1. The molecule has 9 heteroatoms. The number of urea groups is 1. The summed E-state index contributed by atoms with van der Waals surface area (Å²) in [7, 11) is 0. The summed E-state index contributed by atoms with van der Waals surface area (Å²) in [5, 5.41) is 8.71. The lowest BCUT2D eigenvalue weighted by atomic mass is 10.4. The monoisotopic (exact) mass is 274 g/mol. The highest BCUT2D eigenvalue weighted by atomic mass is 16.4. The molecule has 4 amide bonds. The first-order chi connectivity index (χ1) is 8.77. The van der Waals surface area contributed by atoms with E-state index in [4.69, 9.17) is 16.6 Å². The van der Waals surface area contributed by atoms with Gasteiger partial charge in [0.25, 0.3) is 0 Å². The summed E-state index contributed by atoms with van der Waals surface area (Å²) in [6.07, 6.45) is 0.528. The molecule has 5 N–H and O–H groups in total. The Bertz CT molecular complexity index is 355. The average molecular weight is 274 g/mol. The third-order valence-electron chi connectivity index (χ3n) is 2.05. The van der Waals surface area contributed by atoms with Crippen LogP contribution in [0.3, 0.4) is 0 Å². The molecule has 0 heterocycles. The summed E-state index contributed by atoms with van der Waals surface area (Å²) in [4.78, 5) is 46.2. The van der Waals surface area contributed by atoms with Gasteiger partial charge in [-0.3, -0.25) is 14.4 Å². The molecule has 108 valence electrons. The van der Waals surface area contributed by atoms with Crippen molar-refractivity contribution in [1.82, 2.24) is 9.80 Å². The van der Waals surface area contributed by atoms with Gasteiger partial charge in [-0.1, -0.05) is 6.92 Å². The van der Waals surface area contributed by atoms with Crippen LogP contribution in [0, 0.1) is 0 Å². The van der Waals surface area contributed by atoms with Crippen LogP contribution < -0.4 is 11.5 Å². The van der Waals surface area contributed by atoms with Crippen LogP contribution in [0.25, 0.3) is 0 Å². The first-order valence-electron chi connectivity index (χ1n) is 5.60. The number of carbonyl (C=O) groups is 4. The molecular weight excluding hydrogens is 256 g/mol. The van der Waals surface area contributed by atoms with Crippen molar-refractivity contribution < 1.29 is 24.3 Å². The van der Waals surface area contributed by atoms with Crippen molar-refractivity contribution in [2.45, 2.75) is 13.3 Å². The van der Waals surface area contributed by atoms with E-state index in [0.29, 0.717) is 6.42 Å². The van der Waals surface area contributed by atoms with E-state index in [0.717, 1.165) is 9.80 Å². The molecule has 0 atom stereocenters. The summed E-state index contributed by atoms with van der Waals surface area (Å²) in [5.74, 6) is -2.83. The summed E-state index contributed by atoms with van der Waals surface area (Å²) < 4.78 is 0. The normalized spacial score (nSPS) is 9.74. The number of amides is 4. The lowest BCUT2D eigenvalue weighted by Gasteiger charge is -2.27. The molecule has 9 nitrogen and oxygen atoms in total. The number of rotatable bonds is 8. The standard InChI is InChI=1S/C10H18N4O5/c1-2-3-13(6-9(17)18)10(19)14(4-7(11)15)5-8(12)16/h2-6H2,1H3,(H2,11,15)(H2,12,16)(H,17,18). The zero-order chi connectivity index (χ0) is 15.0. The third-order valence-corrected chi connectivity index (χ3v) is 2.05. The Hall–Kier alpha value is -2.32. The van der Waals surface area contributed by atoms with Gasteiger partial charge in [0.2, 0.25) is 11.8 Å².